The number of aryl methyl sites for hydroxylation is 1. The zero-order valence-electron chi connectivity index (χ0n) is 10.3. The molecule has 0 aliphatic rings. The maximum Gasteiger partial charge on any atom is 0.269 e. The summed E-state index contributed by atoms with van der Waals surface area (Å²) < 4.78 is 1.72. The van der Waals surface area contributed by atoms with Crippen molar-refractivity contribution >= 4 is 11.4 Å². The predicted octanol–water partition coefficient (Wildman–Crippen LogP) is 1.96. The first kappa shape index (κ1) is 12.1. The number of non-ortho nitro benzene ring substituents is 1. The Bertz CT molecular complexity index is 565. The molecule has 0 saturated heterocycles. The van der Waals surface area contributed by atoms with E-state index in [1.54, 1.807) is 23.0 Å². The molecule has 0 radical (unpaired) electrons. The molecule has 0 N–H and O–H groups in total. The number of hydrogen-bond donors (Lipinski definition) is 0. The summed E-state index contributed by atoms with van der Waals surface area (Å²) in [5, 5.41) is 14.8. The molecule has 2 aromatic rings. The Morgan fingerprint density at radius 2 is 2.28 bits per heavy atom. The van der Waals surface area contributed by atoms with Crippen molar-refractivity contribution in [1.82, 2.24) is 9.78 Å². The third kappa shape index (κ3) is 2.65. The van der Waals surface area contributed by atoms with Gasteiger partial charge in [0.2, 0.25) is 0 Å². The third-order valence-electron chi connectivity index (χ3n) is 2.67. The second-order valence-electron chi connectivity index (χ2n) is 4.16. The van der Waals surface area contributed by atoms with Crippen LogP contribution in [0.2, 0.25) is 0 Å². The van der Waals surface area contributed by atoms with E-state index in [0.717, 1.165) is 11.3 Å². The Morgan fingerprint density at radius 3 is 2.89 bits per heavy atom. The van der Waals surface area contributed by atoms with E-state index >= 15 is 0 Å². The van der Waals surface area contributed by atoms with Crippen LogP contribution in [0.1, 0.15) is 5.56 Å². The van der Waals surface area contributed by atoms with E-state index in [9.17, 15) is 10.1 Å². The van der Waals surface area contributed by atoms with Gasteiger partial charge in [-0.3, -0.25) is 14.8 Å². The maximum absolute atomic E-state index is 10.7. The highest BCUT2D eigenvalue weighted by Crippen LogP contribution is 2.17. The molecule has 0 unspecified atom stereocenters. The van der Waals surface area contributed by atoms with Crippen LogP contribution in [0.15, 0.2) is 36.7 Å². The fourth-order valence-corrected chi connectivity index (χ4v) is 1.74. The monoisotopic (exact) mass is 246 g/mol. The van der Waals surface area contributed by atoms with Gasteiger partial charge in [-0.1, -0.05) is 12.1 Å². The number of rotatable bonds is 4. The van der Waals surface area contributed by atoms with Crippen LogP contribution in [0, 0.1) is 10.1 Å². The van der Waals surface area contributed by atoms with Crippen molar-refractivity contribution in [3.8, 4) is 0 Å². The van der Waals surface area contributed by atoms with Gasteiger partial charge in [0.05, 0.1) is 16.8 Å². The highest BCUT2D eigenvalue weighted by molar-refractivity contribution is 5.43. The molecule has 0 aliphatic carbocycles. The van der Waals surface area contributed by atoms with E-state index < -0.39 is 0 Å². The molecular weight excluding hydrogens is 232 g/mol. The van der Waals surface area contributed by atoms with Gasteiger partial charge < -0.3 is 4.90 Å². The Labute approximate surface area is 105 Å². The molecule has 94 valence electrons. The summed E-state index contributed by atoms with van der Waals surface area (Å²) >= 11 is 0. The maximum atomic E-state index is 10.7. The highest BCUT2D eigenvalue weighted by atomic mass is 16.6. The van der Waals surface area contributed by atoms with Crippen molar-refractivity contribution < 1.29 is 4.92 Å². The number of nitro benzene ring substituents is 1. The molecule has 0 spiro atoms. The van der Waals surface area contributed by atoms with Crippen molar-refractivity contribution in [2.75, 3.05) is 11.9 Å². The van der Waals surface area contributed by atoms with E-state index in [1.165, 1.54) is 6.07 Å². The topological polar surface area (TPSA) is 64.2 Å². The van der Waals surface area contributed by atoms with Crippen LogP contribution in [0.25, 0.3) is 0 Å². The van der Waals surface area contributed by atoms with Crippen LogP contribution in [0.3, 0.4) is 0 Å². The number of nitrogens with zero attached hydrogens (tertiary/aromatic N) is 4. The van der Waals surface area contributed by atoms with Crippen LogP contribution in [-0.4, -0.2) is 21.8 Å². The lowest BCUT2D eigenvalue weighted by molar-refractivity contribution is -0.384. The Morgan fingerprint density at radius 1 is 1.50 bits per heavy atom. The number of hydrogen-bond acceptors (Lipinski definition) is 4. The highest BCUT2D eigenvalue weighted by Gasteiger charge is 2.08. The van der Waals surface area contributed by atoms with Crippen molar-refractivity contribution in [1.29, 1.82) is 0 Å². The van der Waals surface area contributed by atoms with Crippen LogP contribution in [-0.2, 0) is 13.6 Å². The first-order valence-electron chi connectivity index (χ1n) is 5.49. The van der Waals surface area contributed by atoms with Gasteiger partial charge >= 0.3 is 0 Å². The molecule has 0 fully saturated rings. The van der Waals surface area contributed by atoms with Gasteiger partial charge in [0, 0.05) is 39.0 Å². The lowest BCUT2D eigenvalue weighted by atomic mass is 10.2. The standard InChI is InChI=1S/C12H14N4O2/c1-14(12-7-13-15(2)9-12)8-10-4-3-5-11(6-10)16(17)18/h3-7,9H,8H2,1-2H3. The molecule has 0 atom stereocenters. The fraction of sp³-hybridized carbons (Fsp3) is 0.250. The van der Waals surface area contributed by atoms with E-state index in [4.69, 9.17) is 0 Å². The summed E-state index contributed by atoms with van der Waals surface area (Å²) in [6.45, 7) is 0.605. The van der Waals surface area contributed by atoms with Gasteiger partial charge in [-0.2, -0.15) is 5.10 Å². The zero-order chi connectivity index (χ0) is 13.1. The molecule has 2 rings (SSSR count). The van der Waals surface area contributed by atoms with Crippen LogP contribution < -0.4 is 4.90 Å². The minimum absolute atomic E-state index is 0.118. The van der Waals surface area contributed by atoms with Crippen molar-refractivity contribution in [3.63, 3.8) is 0 Å². The minimum atomic E-state index is -0.381. The molecule has 18 heavy (non-hydrogen) atoms. The van der Waals surface area contributed by atoms with Crippen LogP contribution >= 0.6 is 0 Å². The molecule has 6 nitrogen and oxygen atoms in total. The summed E-state index contributed by atoms with van der Waals surface area (Å²) in [4.78, 5) is 12.3. The summed E-state index contributed by atoms with van der Waals surface area (Å²) in [5.74, 6) is 0. The molecule has 0 bridgehead atoms. The lowest BCUT2D eigenvalue weighted by Crippen LogP contribution is -2.15. The van der Waals surface area contributed by atoms with Gasteiger partial charge in [0.1, 0.15) is 0 Å². The molecule has 0 aliphatic heterocycles. The van der Waals surface area contributed by atoms with Gasteiger partial charge in [0.25, 0.3) is 5.69 Å². The normalized spacial score (nSPS) is 10.3. The first-order chi connectivity index (χ1) is 8.56. The SMILES string of the molecule is CN(Cc1cccc([N+](=O)[O-])c1)c1cnn(C)c1. The van der Waals surface area contributed by atoms with Crippen molar-refractivity contribution in [3.05, 3.63) is 52.3 Å². The Kier molecular flexibility index (Phi) is 3.27. The summed E-state index contributed by atoms with van der Waals surface area (Å²) in [6.07, 6.45) is 3.66. The quantitative estimate of drug-likeness (QED) is 0.611. The molecule has 1 aromatic carbocycles. The average Bonchev–Trinajstić information content (AvgIpc) is 2.76. The van der Waals surface area contributed by atoms with E-state index in [2.05, 4.69) is 5.10 Å². The largest absolute Gasteiger partial charge is 0.368 e. The number of aromatic nitrogens is 2. The predicted molar refractivity (Wildman–Crippen MR) is 68.4 cm³/mol. The third-order valence-corrected chi connectivity index (χ3v) is 2.67. The van der Waals surface area contributed by atoms with Gasteiger partial charge in [-0.05, 0) is 5.56 Å². The molecule has 0 amide bonds. The van der Waals surface area contributed by atoms with Crippen LogP contribution in [0.5, 0.6) is 0 Å². The molecular formula is C12H14N4O2. The zero-order valence-corrected chi connectivity index (χ0v) is 10.3. The Balaban J connectivity index is 2.14. The summed E-state index contributed by atoms with van der Waals surface area (Å²) in [7, 11) is 3.78. The van der Waals surface area contributed by atoms with Crippen molar-refractivity contribution in [2.24, 2.45) is 7.05 Å². The first-order valence-corrected chi connectivity index (χ1v) is 5.49. The second kappa shape index (κ2) is 4.87. The smallest absolute Gasteiger partial charge is 0.269 e. The molecule has 0 saturated carbocycles. The van der Waals surface area contributed by atoms with E-state index in [1.807, 2.05) is 31.3 Å². The van der Waals surface area contributed by atoms with Gasteiger partial charge in [-0.15, -0.1) is 0 Å². The fourth-order valence-electron chi connectivity index (χ4n) is 1.74. The van der Waals surface area contributed by atoms with E-state index in [0.29, 0.717) is 6.54 Å². The number of benzene rings is 1. The van der Waals surface area contributed by atoms with Gasteiger partial charge in [-0.25, -0.2) is 0 Å². The molecule has 1 aromatic heterocycles. The van der Waals surface area contributed by atoms with E-state index in [-0.39, 0.29) is 10.6 Å². The molecule has 6 heteroatoms. The second-order valence-corrected chi connectivity index (χ2v) is 4.16. The van der Waals surface area contributed by atoms with Gasteiger partial charge in [0.15, 0.2) is 0 Å². The minimum Gasteiger partial charge on any atom is -0.368 e. The van der Waals surface area contributed by atoms with Crippen LogP contribution in [0.4, 0.5) is 11.4 Å². The number of nitro groups is 1. The molecule has 1 heterocycles. The summed E-state index contributed by atoms with van der Waals surface area (Å²) in [5.41, 5.74) is 1.99. The Hall–Kier alpha value is -2.37. The summed E-state index contributed by atoms with van der Waals surface area (Å²) in [6, 6.07) is 6.66. The average molecular weight is 246 g/mol. The van der Waals surface area contributed by atoms with Crippen molar-refractivity contribution in [2.45, 2.75) is 6.54 Å². The lowest BCUT2D eigenvalue weighted by Gasteiger charge is -2.16. The number of anilines is 1.